The Kier molecular flexibility index (Phi) is 13.7. The predicted octanol–water partition coefficient (Wildman–Crippen LogP) is 3.01. The number of phenols is 2. The van der Waals surface area contributed by atoms with E-state index in [9.17, 15) is 49.2 Å². The van der Waals surface area contributed by atoms with Gasteiger partial charge in [0.2, 0.25) is 0 Å². The standard InChI is InChI=1S/C42H52N4O15/c1-18-11-10-12-19(2)40(55)44-25-15-27(58-17-28(48)45-46-29(49)16-43-41(46)56)30-31(36(25)53)35(52)23(6)38-32(30)39(54)42(8,61-38)59-14-13-26(57-9)20(3)37(60-24(7)47)22(5)34(51)21(4)33(18)50/h10-15,18,20-22,26,33-34,37,50-53H,16-17H2,1-9H3,(H,43,56)(H,44,55)(H,45,48)/b11-10+,14-13+,19-12-/t18-,20+,21+,22+,26-,33-,34+,37+,42-/m0/s1. The molecule has 2 aromatic rings. The lowest BCUT2D eigenvalue weighted by Crippen LogP contribution is -2.48. The van der Waals surface area contributed by atoms with Crippen molar-refractivity contribution in [3.05, 3.63) is 53.3 Å². The Morgan fingerprint density at radius 3 is 2.30 bits per heavy atom. The third-order valence-electron chi connectivity index (χ3n) is 11.3. The molecule has 0 aromatic heterocycles. The molecule has 4 aliphatic rings. The van der Waals surface area contributed by atoms with Crippen molar-refractivity contribution in [2.24, 2.45) is 23.7 Å². The van der Waals surface area contributed by atoms with Crippen molar-refractivity contribution in [1.29, 1.82) is 0 Å². The van der Waals surface area contributed by atoms with Crippen LogP contribution in [0, 0.1) is 30.6 Å². The van der Waals surface area contributed by atoms with Gasteiger partial charge in [-0.2, -0.15) is 5.01 Å². The van der Waals surface area contributed by atoms with E-state index >= 15 is 0 Å². The maximum absolute atomic E-state index is 14.5. The zero-order chi connectivity index (χ0) is 45.2. The SMILES string of the molecule is CO[C@H]1/C=C/O[C@@]2(C)Oc3c(C)c(O)c4c(O)c(cc(OCC(=O)NN5C(=O)CNC5=O)c4c3C2=O)NC(=O)/C(C)=C\C=C\[C@H](C)[C@H](O)[C@@H](C)[C@@H](O)[C@@H](C)[C@H](OC(C)=O)[C@@H]1C. The zero-order valence-electron chi connectivity index (χ0n) is 35.2. The molecule has 19 heteroatoms. The van der Waals surface area contributed by atoms with E-state index in [1.807, 2.05) is 0 Å². The fourth-order valence-corrected chi connectivity index (χ4v) is 7.58. The minimum absolute atomic E-state index is 0.00869. The van der Waals surface area contributed by atoms with Gasteiger partial charge in [0.15, 0.2) is 12.4 Å². The Morgan fingerprint density at radius 1 is 0.984 bits per heavy atom. The van der Waals surface area contributed by atoms with Crippen LogP contribution in [-0.4, -0.2) is 111 Å². The van der Waals surface area contributed by atoms with E-state index < -0.39 is 107 Å². The average Bonchev–Trinajstić information content (AvgIpc) is 3.67. The highest BCUT2D eigenvalue weighted by Crippen LogP contribution is 2.54. The molecule has 5 amide bonds. The van der Waals surface area contributed by atoms with Crippen molar-refractivity contribution in [3.63, 3.8) is 0 Å². The molecule has 19 nitrogen and oxygen atoms in total. The highest BCUT2D eigenvalue weighted by Gasteiger charge is 2.50. The van der Waals surface area contributed by atoms with Crippen molar-refractivity contribution in [1.82, 2.24) is 15.8 Å². The molecule has 0 radical (unpaired) electrons. The lowest BCUT2D eigenvalue weighted by molar-refractivity contribution is -0.160. The van der Waals surface area contributed by atoms with Gasteiger partial charge in [0, 0.05) is 67.2 Å². The number of ether oxygens (including phenoxy) is 5. The van der Waals surface area contributed by atoms with Gasteiger partial charge < -0.3 is 54.7 Å². The lowest BCUT2D eigenvalue weighted by atomic mass is 9.78. The summed E-state index contributed by atoms with van der Waals surface area (Å²) in [7, 11) is 1.40. The molecule has 0 aliphatic carbocycles. The summed E-state index contributed by atoms with van der Waals surface area (Å²) in [4.78, 5) is 77.4. The Balaban J connectivity index is 1.65. The number of amides is 5. The van der Waals surface area contributed by atoms with Crippen molar-refractivity contribution in [3.8, 4) is 23.0 Å². The van der Waals surface area contributed by atoms with Crippen LogP contribution in [0.1, 0.15) is 64.4 Å². The number of carbonyl (C=O) groups is 6. The van der Waals surface area contributed by atoms with Crippen LogP contribution in [0.15, 0.2) is 42.2 Å². The first-order chi connectivity index (χ1) is 28.6. The molecule has 7 N–H and O–H groups in total. The summed E-state index contributed by atoms with van der Waals surface area (Å²) in [6.45, 7) is 11.0. The number of allylic oxidation sites excluding steroid dienone is 2. The number of hydrazine groups is 1. The molecule has 1 saturated heterocycles. The Morgan fingerprint density at radius 2 is 1.67 bits per heavy atom. The minimum Gasteiger partial charge on any atom is -0.507 e. The first-order valence-electron chi connectivity index (χ1n) is 19.5. The summed E-state index contributed by atoms with van der Waals surface area (Å²) in [5.74, 6) is -10.3. The first-order valence-corrected chi connectivity index (χ1v) is 19.5. The van der Waals surface area contributed by atoms with Gasteiger partial charge in [0.25, 0.3) is 23.5 Å². The molecule has 61 heavy (non-hydrogen) atoms. The van der Waals surface area contributed by atoms with Gasteiger partial charge >= 0.3 is 17.8 Å². The number of nitrogens with zero attached hydrogens (tertiary/aromatic N) is 1. The number of esters is 1. The summed E-state index contributed by atoms with van der Waals surface area (Å²) < 4.78 is 29.3. The molecule has 0 saturated carbocycles. The minimum atomic E-state index is -2.11. The monoisotopic (exact) mass is 852 g/mol. The number of fused-ring (bicyclic) bond motifs is 14. The number of urea groups is 1. The van der Waals surface area contributed by atoms with E-state index in [1.54, 1.807) is 33.8 Å². The largest absolute Gasteiger partial charge is 0.507 e. The zero-order valence-corrected chi connectivity index (χ0v) is 35.2. The van der Waals surface area contributed by atoms with Gasteiger partial charge in [-0.1, -0.05) is 45.9 Å². The predicted molar refractivity (Wildman–Crippen MR) is 216 cm³/mol. The number of anilines is 1. The summed E-state index contributed by atoms with van der Waals surface area (Å²) in [6, 6.07) is 0.242. The highest BCUT2D eigenvalue weighted by atomic mass is 16.7. The van der Waals surface area contributed by atoms with Crippen LogP contribution in [0.2, 0.25) is 0 Å². The normalized spacial score (nSPS) is 30.5. The summed E-state index contributed by atoms with van der Waals surface area (Å²) in [6.07, 6.45) is 3.17. The molecular formula is C42H52N4O15. The quantitative estimate of drug-likeness (QED) is 0.125. The fraction of sp³-hybridized carbons (Fsp3) is 0.476. The number of aromatic hydroxyl groups is 2. The Hall–Kier alpha value is -6.18. The third-order valence-corrected chi connectivity index (χ3v) is 11.3. The third kappa shape index (κ3) is 9.13. The maximum atomic E-state index is 14.5. The molecule has 0 spiro atoms. The van der Waals surface area contributed by atoms with Gasteiger partial charge in [-0.15, -0.1) is 0 Å². The number of hydrogen-bond acceptors (Lipinski definition) is 15. The first kappa shape index (κ1) is 45.9. The van der Waals surface area contributed by atoms with Crippen molar-refractivity contribution in [2.45, 2.75) is 85.6 Å². The molecule has 4 heterocycles. The van der Waals surface area contributed by atoms with E-state index in [4.69, 9.17) is 23.7 Å². The van der Waals surface area contributed by atoms with Crippen molar-refractivity contribution < 1.29 is 72.9 Å². The fourth-order valence-electron chi connectivity index (χ4n) is 7.58. The van der Waals surface area contributed by atoms with E-state index in [1.165, 1.54) is 53.0 Å². The molecule has 330 valence electrons. The van der Waals surface area contributed by atoms with Crippen LogP contribution in [0.5, 0.6) is 23.0 Å². The molecule has 0 unspecified atom stereocenters. The van der Waals surface area contributed by atoms with E-state index in [-0.39, 0.29) is 51.2 Å². The average molecular weight is 853 g/mol. The number of benzene rings is 2. The number of aliphatic hydroxyl groups is 2. The number of ketones is 1. The molecule has 1 fully saturated rings. The van der Waals surface area contributed by atoms with Crippen LogP contribution >= 0.6 is 0 Å². The number of carbonyl (C=O) groups excluding carboxylic acids is 6. The molecule has 4 aliphatic heterocycles. The number of nitrogens with one attached hydrogen (secondary N) is 3. The maximum Gasteiger partial charge on any atom is 0.343 e. The molecule has 2 aromatic carbocycles. The molecule has 6 rings (SSSR count). The second kappa shape index (κ2) is 18.2. The highest BCUT2D eigenvalue weighted by molar-refractivity contribution is 6.21. The number of imide groups is 1. The van der Waals surface area contributed by atoms with Crippen molar-refractivity contribution in [2.75, 3.05) is 25.6 Å². The van der Waals surface area contributed by atoms with Gasteiger partial charge in [-0.25, -0.2) is 4.79 Å². The van der Waals surface area contributed by atoms with Gasteiger partial charge in [0.1, 0.15) is 29.9 Å². The van der Waals surface area contributed by atoms with Crippen LogP contribution in [0.3, 0.4) is 0 Å². The topological polar surface area (TPSA) is 269 Å². The number of aliphatic hydroxyl groups excluding tert-OH is 2. The molecule has 9 atom stereocenters. The number of methoxy groups -OCH3 is 1. The second-order valence-corrected chi connectivity index (χ2v) is 15.6. The van der Waals surface area contributed by atoms with E-state index in [0.717, 1.165) is 12.3 Å². The van der Waals surface area contributed by atoms with Gasteiger partial charge in [-0.3, -0.25) is 29.4 Å². The van der Waals surface area contributed by atoms with E-state index in [0.29, 0.717) is 5.01 Å². The summed E-state index contributed by atoms with van der Waals surface area (Å²) in [5, 5.41) is 50.7. The summed E-state index contributed by atoms with van der Waals surface area (Å²) in [5.41, 5.74) is 1.70. The Labute approximate surface area is 351 Å². The number of hydrogen-bond donors (Lipinski definition) is 7. The smallest absolute Gasteiger partial charge is 0.343 e. The second-order valence-electron chi connectivity index (χ2n) is 15.6. The van der Waals surface area contributed by atoms with Gasteiger partial charge in [0.05, 0.1) is 41.2 Å². The van der Waals surface area contributed by atoms with E-state index in [2.05, 4.69) is 16.1 Å². The van der Waals surface area contributed by atoms with Crippen molar-refractivity contribution >= 4 is 52.0 Å². The lowest BCUT2D eigenvalue weighted by Gasteiger charge is -2.38. The number of phenolic OH excluding ortho intramolecular Hbond substituents is 2. The molecule has 5 bridgehead atoms. The van der Waals surface area contributed by atoms with Crippen LogP contribution in [0.25, 0.3) is 10.8 Å². The van der Waals surface area contributed by atoms with Crippen LogP contribution < -0.4 is 25.5 Å². The molecular weight excluding hydrogens is 800 g/mol. The number of rotatable bonds is 6. The summed E-state index contributed by atoms with van der Waals surface area (Å²) >= 11 is 0. The number of Topliss-reactive ketones (excluding diaryl/α,β-unsaturated/α-hetero) is 1. The Bertz CT molecular complexity index is 2200. The van der Waals surface area contributed by atoms with Gasteiger partial charge in [-0.05, 0) is 19.9 Å². The van der Waals surface area contributed by atoms with Crippen LogP contribution in [-0.2, 0) is 33.4 Å². The van der Waals surface area contributed by atoms with Crippen LogP contribution in [0.4, 0.5) is 10.5 Å².